The van der Waals surface area contributed by atoms with E-state index < -0.39 is 11.4 Å². The van der Waals surface area contributed by atoms with E-state index in [1.165, 1.54) is 0 Å². The van der Waals surface area contributed by atoms with Crippen LogP contribution in [0.4, 0.5) is 0 Å². The highest BCUT2D eigenvalue weighted by molar-refractivity contribution is 5.74. The number of nitrogens with zero attached hydrogens (tertiary/aromatic N) is 1. The Morgan fingerprint density at radius 1 is 1.47 bits per heavy atom. The molecule has 4 heteroatoms. The fourth-order valence-electron chi connectivity index (χ4n) is 1.87. The van der Waals surface area contributed by atoms with E-state index in [0.29, 0.717) is 19.4 Å². The first-order chi connectivity index (χ1) is 6.98. The third kappa shape index (κ3) is 3.18. The van der Waals surface area contributed by atoms with Gasteiger partial charge in [-0.2, -0.15) is 0 Å². The minimum Gasteiger partial charge on any atom is -0.481 e. The van der Waals surface area contributed by atoms with Crippen LogP contribution in [0.25, 0.3) is 0 Å². The lowest BCUT2D eigenvalue weighted by molar-refractivity contribution is -0.150. The fraction of sp³-hybridized carbons (Fsp3) is 0.909. The van der Waals surface area contributed by atoms with Gasteiger partial charge in [0.1, 0.15) is 0 Å². The summed E-state index contributed by atoms with van der Waals surface area (Å²) in [6.45, 7) is 5.99. The van der Waals surface area contributed by atoms with Crippen LogP contribution in [0.3, 0.4) is 0 Å². The highest BCUT2D eigenvalue weighted by Gasteiger charge is 2.36. The molecule has 0 saturated carbocycles. The van der Waals surface area contributed by atoms with Crippen molar-refractivity contribution < 1.29 is 15.0 Å². The number of aliphatic carboxylic acids is 1. The number of piperidine rings is 1. The number of aliphatic hydroxyl groups excluding tert-OH is 1. The quantitative estimate of drug-likeness (QED) is 0.733. The van der Waals surface area contributed by atoms with Crippen LogP contribution < -0.4 is 0 Å². The maximum Gasteiger partial charge on any atom is 0.309 e. The van der Waals surface area contributed by atoms with E-state index in [4.69, 9.17) is 5.11 Å². The zero-order valence-corrected chi connectivity index (χ0v) is 9.57. The molecule has 1 rings (SSSR count). The van der Waals surface area contributed by atoms with Gasteiger partial charge in [-0.05, 0) is 39.3 Å². The molecule has 88 valence electrons. The second kappa shape index (κ2) is 4.94. The number of aliphatic hydroxyl groups is 1. The molecule has 1 atom stereocenters. The van der Waals surface area contributed by atoms with Gasteiger partial charge in [-0.1, -0.05) is 6.92 Å². The maximum atomic E-state index is 11.0. The summed E-state index contributed by atoms with van der Waals surface area (Å²) in [4.78, 5) is 13.1. The van der Waals surface area contributed by atoms with Crippen molar-refractivity contribution in [3.8, 4) is 0 Å². The predicted molar refractivity (Wildman–Crippen MR) is 57.7 cm³/mol. The zero-order chi connectivity index (χ0) is 11.5. The monoisotopic (exact) mass is 215 g/mol. The van der Waals surface area contributed by atoms with Crippen LogP contribution in [-0.2, 0) is 4.79 Å². The second-order valence-electron chi connectivity index (χ2n) is 4.73. The lowest BCUT2D eigenvalue weighted by Crippen LogP contribution is -2.45. The van der Waals surface area contributed by atoms with Gasteiger partial charge in [0.2, 0.25) is 0 Å². The third-order valence-electron chi connectivity index (χ3n) is 3.42. The van der Waals surface area contributed by atoms with Crippen molar-refractivity contribution in [1.82, 2.24) is 4.90 Å². The first-order valence-electron chi connectivity index (χ1n) is 5.62. The number of carbonyl (C=O) groups is 1. The highest BCUT2D eigenvalue weighted by atomic mass is 16.4. The molecule has 0 aliphatic carbocycles. The molecule has 1 fully saturated rings. The number of β-amino-alcohol motifs (C(OH)–C–C–N with tert-alkyl or cyclic N) is 1. The Morgan fingerprint density at radius 3 is 2.40 bits per heavy atom. The predicted octanol–water partition coefficient (Wildman–Crippen LogP) is 0.944. The molecule has 2 N–H and O–H groups in total. The number of carboxylic acids is 1. The summed E-state index contributed by atoms with van der Waals surface area (Å²) < 4.78 is 0. The fourth-order valence-corrected chi connectivity index (χ4v) is 1.87. The summed E-state index contributed by atoms with van der Waals surface area (Å²) in [7, 11) is 0. The molecular formula is C11H21NO3. The van der Waals surface area contributed by atoms with Crippen LogP contribution in [0.15, 0.2) is 0 Å². The van der Waals surface area contributed by atoms with Crippen molar-refractivity contribution in [2.75, 3.05) is 19.6 Å². The van der Waals surface area contributed by atoms with Crippen molar-refractivity contribution in [2.24, 2.45) is 5.41 Å². The third-order valence-corrected chi connectivity index (χ3v) is 3.42. The lowest BCUT2D eigenvalue weighted by atomic mass is 9.80. The lowest BCUT2D eigenvalue weighted by Gasteiger charge is -2.37. The molecule has 0 bridgehead atoms. The summed E-state index contributed by atoms with van der Waals surface area (Å²) >= 11 is 0. The minimum absolute atomic E-state index is 0.279. The van der Waals surface area contributed by atoms with Gasteiger partial charge in [0.25, 0.3) is 0 Å². The Bertz CT molecular complexity index is 222. The topological polar surface area (TPSA) is 60.8 Å². The molecule has 0 amide bonds. The van der Waals surface area contributed by atoms with E-state index in [-0.39, 0.29) is 6.10 Å². The van der Waals surface area contributed by atoms with Crippen LogP contribution in [-0.4, -0.2) is 46.8 Å². The average Bonchev–Trinajstić information content (AvgIpc) is 2.21. The van der Waals surface area contributed by atoms with E-state index in [9.17, 15) is 9.90 Å². The molecule has 15 heavy (non-hydrogen) atoms. The Kier molecular flexibility index (Phi) is 4.11. The van der Waals surface area contributed by atoms with Crippen LogP contribution in [0.5, 0.6) is 0 Å². The molecule has 1 aliphatic heterocycles. The van der Waals surface area contributed by atoms with Crippen molar-refractivity contribution in [3.63, 3.8) is 0 Å². The number of carboxylic acid groups (broad SMARTS) is 1. The Labute approximate surface area is 90.9 Å². The number of rotatable bonds is 4. The molecule has 4 nitrogen and oxygen atoms in total. The standard InChI is InChI=1S/C11H21NO3/c1-3-9(13)8-12-6-4-11(2,5-7-12)10(14)15/h9,13H,3-8H2,1-2H3,(H,14,15). The molecular weight excluding hydrogens is 194 g/mol. The molecule has 0 radical (unpaired) electrons. The van der Waals surface area contributed by atoms with Crippen LogP contribution in [0.1, 0.15) is 33.1 Å². The second-order valence-corrected chi connectivity index (χ2v) is 4.73. The van der Waals surface area contributed by atoms with E-state index in [0.717, 1.165) is 19.5 Å². The summed E-state index contributed by atoms with van der Waals surface area (Å²) in [6.07, 6.45) is 1.84. The van der Waals surface area contributed by atoms with Crippen LogP contribution >= 0.6 is 0 Å². The van der Waals surface area contributed by atoms with Gasteiger partial charge in [-0.3, -0.25) is 4.79 Å². The number of likely N-dealkylation sites (tertiary alicyclic amines) is 1. The summed E-state index contributed by atoms with van der Waals surface area (Å²) in [5, 5.41) is 18.5. The van der Waals surface area contributed by atoms with Crippen molar-refractivity contribution in [1.29, 1.82) is 0 Å². The molecule has 0 aromatic rings. The number of hydrogen-bond donors (Lipinski definition) is 2. The Hall–Kier alpha value is -0.610. The minimum atomic E-state index is -0.696. The van der Waals surface area contributed by atoms with Gasteiger partial charge in [0, 0.05) is 6.54 Å². The van der Waals surface area contributed by atoms with Gasteiger partial charge >= 0.3 is 5.97 Å². The summed E-state index contributed by atoms with van der Waals surface area (Å²) in [6, 6.07) is 0. The van der Waals surface area contributed by atoms with E-state index in [2.05, 4.69) is 4.90 Å². The summed E-state index contributed by atoms with van der Waals surface area (Å²) in [5.74, 6) is -0.696. The van der Waals surface area contributed by atoms with Gasteiger partial charge in [0.15, 0.2) is 0 Å². The van der Waals surface area contributed by atoms with Crippen LogP contribution in [0.2, 0.25) is 0 Å². The first kappa shape index (κ1) is 12.5. The zero-order valence-electron chi connectivity index (χ0n) is 9.57. The molecule has 1 aliphatic rings. The molecule has 1 heterocycles. The largest absolute Gasteiger partial charge is 0.481 e. The average molecular weight is 215 g/mol. The smallest absolute Gasteiger partial charge is 0.309 e. The molecule has 0 aromatic heterocycles. The molecule has 0 aromatic carbocycles. The highest BCUT2D eigenvalue weighted by Crippen LogP contribution is 2.30. The summed E-state index contributed by atoms with van der Waals surface area (Å²) in [5.41, 5.74) is -0.562. The van der Waals surface area contributed by atoms with Crippen molar-refractivity contribution in [3.05, 3.63) is 0 Å². The SMILES string of the molecule is CCC(O)CN1CCC(C)(C(=O)O)CC1. The first-order valence-corrected chi connectivity index (χ1v) is 5.62. The van der Waals surface area contributed by atoms with E-state index in [1.54, 1.807) is 0 Å². The molecule has 1 unspecified atom stereocenters. The van der Waals surface area contributed by atoms with E-state index >= 15 is 0 Å². The van der Waals surface area contributed by atoms with Gasteiger partial charge < -0.3 is 15.1 Å². The maximum absolute atomic E-state index is 11.0. The molecule has 0 spiro atoms. The van der Waals surface area contributed by atoms with Crippen molar-refractivity contribution in [2.45, 2.75) is 39.2 Å². The Balaban J connectivity index is 2.39. The van der Waals surface area contributed by atoms with Gasteiger partial charge in [-0.25, -0.2) is 0 Å². The molecule has 1 saturated heterocycles. The van der Waals surface area contributed by atoms with Crippen LogP contribution in [0, 0.1) is 5.41 Å². The van der Waals surface area contributed by atoms with Gasteiger partial charge in [-0.15, -0.1) is 0 Å². The number of hydrogen-bond acceptors (Lipinski definition) is 3. The van der Waals surface area contributed by atoms with Gasteiger partial charge in [0.05, 0.1) is 11.5 Å². The van der Waals surface area contributed by atoms with Crippen molar-refractivity contribution >= 4 is 5.97 Å². The normalized spacial score (nSPS) is 23.7. The Morgan fingerprint density at radius 2 is 2.00 bits per heavy atom. The van der Waals surface area contributed by atoms with E-state index in [1.807, 2.05) is 13.8 Å².